The van der Waals surface area contributed by atoms with Crippen molar-refractivity contribution in [3.8, 4) is 23.0 Å². The summed E-state index contributed by atoms with van der Waals surface area (Å²) in [5, 5.41) is 3.69. The zero-order chi connectivity index (χ0) is 22.3. The summed E-state index contributed by atoms with van der Waals surface area (Å²) in [7, 11) is 1.65. The molecule has 1 aliphatic rings. The highest BCUT2D eigenvalue weighted by Gasteiger charge is 2.19. The summed E-state index contributed by atoms with van der Waals surface area (Å²) in [5.74, 6) is 3.46. The lowest BCUT2D eigenvalue weighted by molar-refractivity contribution is 0.171. The maximum Gasteiger partial charge on any atom is 0.161 e. The number of nitrogens with zero attached hydrogens (tertiary/aromatic N) is 1. The van der Waals surface area contributed by atoms with Gasteiger partial charge >= 0.3 is 0 Å². The SMILES string of the molecule is COc1ccc(CNC(c2ccc3c(c2)OCCO3)C(C)C)cc1OCc1cccnc1. The van der Waals surface area contributed by atoms with Crippen LogP contribution in [0.3, 0.4) is 0 Å². The highest BCUT2D eigenvalue weighted by molar-refractivity contribution is 5.45. The van der Waals surface area contributed by atoms with Crippen molar-refractivity contribution in [2.45, 2.75) is 33.0 Å². The van der Waals surface area contributed by atoms with Crippen LogP contribution in [0.5, 0.6) is 23.0 Å². The zero-order valence-corrected chi connectivity index (χ0v) is 18.8. The van der Waals surface area contributed by atoms with Gasteiger partial charge in [-0.3, -0.25) is 4.98 Å². The Hall–Kier alpha value is -3.25. The molecule has 32 heavy (non-hydrogen) atoms. The molecule has 1 aromatic heterocycles. The standard InChI is InChI=1S/C26H30N2O4/c1-18(2)26(21-7-9-23-25(14-21)31-12-11-30-23)28-16-19-6-8-22(29-3)24(13-19)32-17-20-5-4-10-27-15-20/h4-10,13-15,18,26,28H,11-12,16-17H2,1-3H3. The molecular weight excluding hydrogens is 404 g/mol. The minimum atomic E-state index is 0.174. The number of hydrogen-bond donors (Lipinski definition) is 1. The van der Waals surface area contributed by atoms with E-state index in [9.17, 15) is 0 Å². The molecular formula is C26H30N2O4. The molecule has 0 bridgehead atoms. The first-order valence-electron chi connectivity index (χ1n) is 11.0. The Kier molecular flexibility index (Phi) is 7.12. The minimum Gasteiger partial charge on any atom is -0.493 e. The second-order valence-corrected chi connectivity index (χ2v) is 8.14. The quantitative estimate of drug-likeness (QED) is 0.515. The third kappa shape index (κ3) is 5.32. The van der Waals surface area contributed by atoms with Crippen LogP contribution in [0.2, 0.25) is 0 Å². The molecule has 6 nitrogen and oxygen atoms in total. The van der Waals surface area contributed by atoms with Crippen molar-refractivity contribution in [2.24, 2.45) is 5.92 Å². The molecule has 3 aromatic rings. The summed E-state index contributed by atoms with van der Waals surface area (Å²) < 4.78 is 23.0. The Balaban J connectivity index is 1.46. The first-order chi connectivity index (χ1) is 15.6. The van der Waals surface area contributed by atoms with Gasteiger partial charge in [0.15, 0.2) is 23.0 Å². The largest absolute Gasteiger partial charge is 0.493 e. The molecule has 0 saturated carbocycles. The molecule has 0 fully saturated rings. The van der Waals surface area contributed by atoms with E-state index in [-0.39, 0.29) is 6.04 Å². The van der Waals surface area contributed by atoms with E-state index in [1.807, 2.05) is 30.3 Å². The average Bonchev–Trinajstić information content (AvgIpc) is 2.83. The molecule has 1 aliphatic heterocycles. The number of fused-ring (bicyclic) bond motifs is 1. The van der Waals surface area contributed by atoms with Gasteiger partial charge in [0.2, 0.25) is 0 Å². The summed E-state index contributed by atoms with van der Waals surface area (Å²) in [4.78, 5) is 4.14. The smallest absolute Gasteiger partial charge is 0.161 e. The maximum atomic E-state index is 6.03. The van der Waals surface area contributed by atoms with Crippen molar-refractivity contribution in [1.82, 2.24) is 10.3 Å². The molecule has 0 saturated heterocycles. The van der Waals surface area contributed by atoms with E-state index in [0.29, 0.717) is 38.0 Å². The number of methoxy groups -OCH3 is 1. The Labute approximate surface area is 189 Å². The van der Waals surface area contributed by atoms with Gasteiger partial charge in [-0.25, -0.2) is 0 Å². The Morgan fingerprint density at radius 2 is 1.81 bits per heavy atom. The van der Waals surface area contributed by atoms with E-state index in [2.05, 4.69) is 42.3 Å². The van der Waals surface area contributed by atoms with Gasteiger partial charge in [-0.1, -0.05) is 32.0 Å². The van der Waals surface area contributed by atoms with Gasteiger partial charge in [0, 0.05) is 30.5 Å². The van der Waals surface area contributed by atoms with Gasteiger partial charge in [0.1, 0.15) is 19.8 Å². The normalized spacial score (nSPS) is 13.6. The topological polar surface area (TPSA) is 61.8 Å². The van der Waals surface area contributed by atoms with Crippen LogP contribution < -0.4 is 24.3 Å². The highest BCUT2D eigenvalue weighted by atomic mass is 16.6. The summed E-state index contributed by atoms with van der Waals surface area (Å²) in [6.07, 6.45) is 3.56. The van der Waals surface area contributed by atoms with Crippen molar-refractivity contribution in [1.29, 1.82) is 0 Å². The van der Waals surface area contributed by atoms with E-state index in [1.165, 1.54) is 5.56 Å². The lowest BCUT2D eigenvalue weighted by atomic mass is 9.95. The van der Waals surface area contributed by atoms with Gasteiger partial charge in [-0.2, -0.15) is 0 Å². The molecule has 6 heteroatoms. The number of aromatic nitrogens is 1. The van der Waals surface area contributed by atoms with E-state index in [0.717, 1.165) is 28.4 Å². The maximum absolute atomic E-state index is 6.03. The molecule has 2 heterocycles. The van der Waals surface area contributed by atoms with Gasteiger partial charge < -0.3 is 24.3 Å². The number of nitrogens with one attached hydrogen (secondary N) is 1. The van der Waals surface area contributed by atoms with Crippen LogP contribution in [0, 0.1) is 5.92 Å². The molecule has 168 valence electrons. The molecule has 2 aromatic carbocycles. The first-order valence-corrected chi connectivity index (χ1v) is 11.0. The summed E-state index contributed by atoms with van der Waals surface area (Å²) in [6, 6.07) is 16.3. The monoisotopic (exact) mass is 434 g/mol. The predicted octanol–water partition coefficient (Wildman–Crippen LogP) is 4.93. The van der Waals surface area contributed by atoms with E-state index in [4.69, 9.17) is 18.9 Å². The van der Waals surface area contributed by atoms with Crippen LogP contribution in [0.15, 0.2) is 60.9 Å². The minimum absolute atomic E-state index is 0.174. The average molecular weight is 435 g/mol. The second-order valence-electron chi connectivity index (χ2n) is 8.14. The molecule has 0 amide bonds. The van der Waals surface area contributed by atoms with Crippen LogP contribution in [0.25, 0.3) is 0 Å². The lowest BCUT2D eigenvalue weighted by Gasteiger charge is -2.26. The van der Waals surface area contributed by atoms with Crippen molar-refractivity contribution in [3.05, 3.63) is 77.6 Å². The molecule has 4 rings (SSSR count). The Morgan fingerprint density at radius 3 is 2.56 bits per heavy atom. The molecule has 0 spiro atoms. The van der Waals surface area contributed by atoms with Crippen LogP contribution in [0.4, 0.5) is 0 Å². The van der Waals surface area contributed by atoms with E-state index >= 15 is 0 Å². The summed E-state index contributed by atoms with van der Waals surface area (Å²) >= 11 is 0. The number of benzene rings is 2. The molecule has 0 aliphatic carbocycles. The van der Waals surface area contributed by atoms with Crippen molar-refractivity contribution < 1.29 is 18.9 Å². The van der Waals surface area contributed by atoms with Crippen molar-refractivity contribution >= 4 is 0 Å². The van der Waals surface area contributed by atoms with Crippen molar-refractivity contribution in [3.63, 3.8) is 0 Å². The number of hydrogen-bond acceptors (Lipinski definition) is 6. The zero-order valence-electron chi connectivity index (χ0n) is 18.8. The van der Waals surface area contributed by atoms with Gasteiger partial charge in [-0.05, 0) is 47.4 Å². The Bertz CT molecular complexity index is 1020. The van der Waals surface area contributed by atoms with E-state index in [1.54, 1.807) is 19.5 Å². The highest BCUT2D eigenvalue weighted by Crippen LogP contribution is 2.35. The number of pyridine rings is 1. The van der Waals surface area contributed by atoms with Crippen LogP contribution in [-0.2, 0) is 13.2 Å². The number of rotatable bonds is 9. The van der Waals surface area contributed by atoms with Crippen LogP contribution >= 0.6 is 0 Å². The van der Waals surface area contributed by atoms with Crippen LogP contribution in [0.1, 0.15) is 36.6 Å². The van der Waals surface area contributed by atoms with Gasteiger partial charge in [0.05, 0.1) is 7.11 Å². The van der Waals surface area contributed by atoms with Crippen LogP contribution in [-0.4, -0.2) is 25.3 Å². The van der Waals surface area contributed by atoms with Crippen molar-refractivity contribution in [2.75, 3.05) is 20.3 Å². The molecule has 1 unspecified atom stereocenters. The third-order valence-corrected chi connectivity index (χ3v) is 5.46. The first kappa shape index (κ1) is 22.0. The second kappa shape index (κ2) is 10.4. The summed E-state index contributed by atoms with van der Waals surface area (Å²) in [5.41, 5.74) is 3.32. The fourth-order valence-electron chi connectivity index (χ4n) is 3.81. The summed E-state index contributed by atoms with van der Waals surface area (Å²) in [6.45, 7) is 6.75. The predicted molar refractivity (Wildman–Crippen MR) is 123 cm³/mol. The molecule has 0 radical (unpaired) electrons. The third-order valence-electron chi connectivity index (χ3n) is 5.46. The molecule has 1 N–H and O–H groups in total. The fraction of sp³-hybridized carbons (Fsp3) is 0.346. The fourth-order valence-corrected chi connectivity index (χ4v) is 3.81. The lowest BCUT2D eigenvalue weighted by Crippen LogP contribution is -2.26. The van der Waals surface area contributed by atoms with E-state index < -0.39 is 0 Å². The molecule has 1 atom stereocenters. The number of ether oxygens (including phenoxy) is 4. The van der Waals surface area contributed by atoms with Gasteiger partial charge in [-0.15, -0.1) is 0 Å². The Morgan fingerprint density at radius 1 is 0.969 bits per heavy atom. The van der Waals surface area contributed by atoms with Gasteiger partial charge in [0.25, 0.3) is 0 Å².